The number of amides is 1. The lowest BCUT2D eigenvalue weighted by atomic mass is 10.0. The number of hydrogen-bond donors (Lipinski definition) is 2. The molecule has 3 rings (SSSR count). The molecule has 9 heteroatoms. The van der Waals surface area contributed by atoms with Gasteiger partial charge in [-0.05, 0) is 26.0 Å². The fraction of sp³-hybridized carbons (Fsp3) is 0.500. The fourth-order valence-corrected chi connectivity index (χ4v) is 3.76. The highest BCUT2D eigenvalue weighted by atomic mass is 16.5. The monoisotopic (exact) mass is 430 g/mol. The van der Waals surface area contributed by atoms with Crippen LogP contribution in [0.4, 0.5) is 5.69 Å². The summed E-state index contributed by atoms with van der Waals surface area (Å²) >= 11 is 0. The van der Waals surface area contributed by atoms with Crippen molar-refractivity contribution in [3.05, 3.63) is 41.3 Å². The van der Waals surface area contributed by atoms with Gasteiger partial charge in [-0.1, -0.05) is 11.2 Å². The molecule has 1 aliphatic heterocycles. The molecule has 1 saturated heterocycles. The molecule has 2 N–H and O–H groups in total. The minimum Gasteiger partial charge on any atom is -0.497 e. The Hall–Kier alpha value is -2.91. The summed E-state index contributed by atoms with van der Waals surface area (Å²) in [4.78, 5) is 28.6. The maximum atomic E-state index is 12.4. The van der Waals surface area contributed by atoms with Crippen LogP contribution in [-0.4, -0.2) is 71.8 Å². The Labute approximate surface area is 181 Å². The molecule has 168 valence electrons. The van der Waals surface area contributed by atoms with Crippen molar-refractivity contribution in [3.8, 4) is 5.75 Å². The van der Waals surface area contributed by atoms with Crippen LogP contribution in [0.3, 0.4) is 0 Å². The van der Waals surface area contributed by atoms with Gasteiger partial charge in [0.2, 0.25) is 5.91 Å². The predicted molar refractivity (Wildman–Crippen MR) is 115 cm³/mol. The molecular weight excluding hydrogens is 400 g/mol. The van der Waals surface area contributed by atoms with E-state index in [1.165, 1.54) is 0 Å². The minimum atomic E-state index is -0.959. The van der Waals surface area contributed by atoms with E-state index in [0.29, 0.717) is 18.0 Å². The van der Waals surface area contributed by atoms with Gasteiger partial charge in [0, 0.05) is 63.0 Å². The first-order valence-corrected chi connectivity index (χ1v) is 10.4. The van der Waals surface area contributed by atoms with Crippen molar-refractivity contribution in [2.75, 3.05) is 45.2 Å². The zero-order chi connectivity index (χ0) is 22.4. The molecule has 1 amide bonds. The lowest BCUT2D eigenvalue weighted by Crippen LogP contribution is -2.48. The van der Waals surface area contributed by atoms with Crippen LogP contribution < -0.4 is 10.1 Å². The topological polar surface area (TPSA) is 108 Å². The lowest BCUT2D eigenvalue weighted by molar-refractivity contribution is -0.144. The molecule has 1 aromatic carbocycles. The number of carboxylic acids is 1. The average molecular weight is 431 g/mol. The second-order valence-electron chi connectivity index (χ2n) is 7.90. The number of nitrogens with zero attached hydrogens (tertiary/aromatic N) is 3. The van der Waals surface area contributed by atoms with E-state index >= 15 is 0 Å². The second-order valence-corrected chi connectivity index (χ2v) is 7.90. The van der Waals surface area contributed by atoms with Crippen LogP contribution in [0.25, 0.3) is 0 Å². The lowest BCUT2D eigenvalue weighted by Gasteiger charge is -2.35. The van der Waals surface area contributed by atoms with Crippen LogP contribution >= 0.6 is 0 Å². The van der Waals surface area contributed by atoms with E-state index in [1.54, 1.807) is 31.4 Å². The molecule has 2 aromatic rings. The number of aromatic nitrogens is 1. The molecule has 1 aliphatic rings. The highest BCUT2D eigenvalue weighted by Gasteiger charge is 2.27. The predicted octanol–water partition coefficient (Wildman–Crippen LogP) is 2.15. The Morgan fingerprint density at radius 1 is 1.23 bits per heavy atom. The summed E-state index contributed by atoms with van der Waals surface area (Å²) in [6, 6.07) is 6.99. The normalized spacial score (nSPS) is 16.1. The molecule has 1 fully saturated rings. The van der Waals surface area contributed by atoms with E-state index in [9.17, 15) is 14.7 Å². The van der Waals surface area contributed by atoms with E-state index in [0.717, 1.165) is 49.7 Å². The number of carboxylic acid groups (broad SMARTS) is 1. The van der Waals surface area contributed by atoms with E-state index in [1.807, 2.05) is 13.8 Å². The molecule has 0 aliphatic carbocycles. The molecule has 2 heterocycles. The molecule has 31 heavy (non-hydrogen) atoms. The van der Waals surface area contributed by atoms with Gasteiger partial charge in [-0.3, -0.25) is 19.4 Å². The van der Waals surface area contributed by atoms with Gasteiger partial charge in [0.15, 0.2) is 0 Å². The van der Waals surface area contributed by atoms with E-state index in [4.69, 9.17) is 9.26 Å². The molecule has 1 atom stereocenters. The van der Waals surface area contributed by atoms with Gasteiger partial charge in [-0.15, -0.1) is 0 Å². The Morgan fingerprint density at radius 3 is 2.55 bits per heavy atom. The zero-order valence-electron chi connectivity index (χ0n) is 18.3. The summed E-state index contributed by atoms with van der Waals surface area (Å²) < 4.78 is 10.4. The molecule has 0 bridgehead atoms. The Bertz CT molecular complexity index is 886. The molecule has 1 aromatic heterocycles. The van der Waals surface area contributed by atoms with Crippen molar-refractivity contribution in [1.29, 1.82) is 0 Å². The first-order valence-electron chi connectivity index (χ1n) is 10.4. The third-order valence-corrected chi connectivity index (χ3v) is 5.64. The average Bonchev–Trinajstić information content (AvgIpc) is 3.06. The van der Waals surface area contributed by atoms with E-state index in [2.05, 4.69) is 20.3 Å². The molecule has 0 saturated carbocycles. The van der Waals surface area contributed by atoms with Crippen LogP contribution in [0.15, 0.2) is 28.8 Å². The maximum Gasteiger partial charge on any atom is 0.308 e. The summed E-state index contributed by atoms with van der Waals surface area (Å²) in [6.45, 7) is 8.14. The van der Waals surface area contributed by atoms with Crippen molar-refractivity contribution in [2.24, 2.45) is 5.92 Å². The molecule has 1 unspecified atom stereocenters. The van der Waals surface area contributed by atoms with Crippen molar-refractivity contribution >= 4 is 17.6 Å². The smallest absolute Gasteiger partial charge is 0.308 e. The highest BCUT2D eigenvalue weighted by molar-refractivity contribution is 5.93. The van der Waals surface area contributed by atoms with Gasteiger partial charge in [-0.25, -0.2) is 0 Å². The Kier molecular flexibility index (Phi) is 7.64. The number of carbonyl (C=O) groups is 2. The summed E-state index contributed by atoms with van der Waals surface area (Å²) in [5.74, 6) is -0.577. The van der Waals surface area contributed by atoms with Crippen LogP contribution in [0, 0.1) is 19.8 Å². The van der Waals surface area contributed by atoms with Gasteiger partial charge in [-0.2, -0.15) is 0 Å². The first kappa shape index (κ1) is 22.8. The number of anilines is 1. The molecular formula is C22H30N4O5. The maximum absolute atomic E-state index is 12.4. The van der Waals surface area contributed by atoms with E-state index < -0.39 is 11.9 Å². The zero-order valence-corrected chi connectivity index (χ0v) is 18.3. The molecule has 9 nitrogen and oxygen atoms in total. The number of aryl methyl sites for hydroxylation is 2. The number of benzene rings is 1. The number of hydrogen-bond acceptors (Lipinski definition) is 7. The van der Waals surface area contributed by atoms with E-state index in [-0.39, 0.29) is 12.3 Å². The highest BCUT2D eigenvalue weighted by Crippen LogP contribution is 2.19. The second kappa shape index (κ2) is 10.4. The van der Waals surface area contributed by atoms with Crippen molar-refractivity contribution in [2.45, 2.75) is 26.8 Å². The summed E-state index contributed by atoms with van der Waals surface area (Å²) in [5, 5.41) is 16.4. The number of rotatable bonds is 9. The number of methoxy groups -OCH3 is 1. The van der Waals surface area contributed by atoms with Gasteiger partial charge < -0.3 is 19.7 Å². The largest absolute Gasteiger partial charge is 0.497 e. The first-order chi connectivity index (χ1) is 14.9. The molecule has 0 spiro atoms. The summed E-state index contributed by atoms with van der Waals surface area (Å²) in [7, 11) is 1.55. The Balaban J connectivity index is 1.49. The van der Waals surface area contributed by atoms with Crippen LogP contribution in [0.5, 0.6) is 5.75 Å². The Morgan fingerprint density at radius 2 is 1.94 bits per heavy atom. The van der Waals surface area contributed by atoms with Crippen molar-refractivity contribution in [1.82, 2.24) is 15.0 Å². The fourth-order valence-electron chi connectivity index (χ4n) is 3.76. The van der Waals surface area contributed by atoms with Crippen molar-refractivity contribution in [3.63, 3.8) is 0 Å². The number of piperazine rings is 1. The standard InChI is InChI=1S/C22H30N4O5/c1-15-20(16(2)31-24-15)14-26-9-7-25(8-10-26)13-17(22(28)29)11-21(27)23-18-5-4-6-19(12-18)30-3/h4-6,12,17H,7-11,13-14H2,1-3H3,(H,23,27)(H,28,29). The SMILES string of the molecule is COc1cccc(NC(=O)CC(CN2CCN(Cc3c(C)noc3C)CC2)C(=O)O)c1. The number of carbonyl (C=O) groups excluding carboxylic acids is 1. The third kappa shape index (κ3) is 6.28. The van der Waals surface area contributed by atoms with Gasteiger partial charge >= 0.3 is 5.97 Å². The number of nitrogens with one attached hydrogen (secondary N) is 1. The van der Waals surface area contributed by atoms with Gasteiger partial charge in [0.25, 0.3) is 0 Å². The quantitative estimate of drug-likeness (QED) is 0.623. The van der Waals surface area contributed by atoms with Crippen LogP contribution in [0.2, 0.25) is 0 Å². The van der Waals surface area contributed by atoms with Gasteiger partial charge in [0.05, 0.1) is 18.7 Å². The summed E-state index contributed by atoms with van der Waals surface area (Å²) in [6.07, 6.45) is -0.0775. The van der Waals surface area contributed by atoms with Crippen LogP contribution in [0.1, 0.15) is 23.4 Å². The third-order valence-electron chi connectivity index (χ3n) is 5.64. The number of ether oxygens (including phenoxy) is 1. The van der Waals surface area contributed by atoms with Crippen LogP contribution in [-0.2, 0) is 16.1 Å². The molecule has 0 radical (unpaired) electrons. The number of aliphatic carboxylic acids is 1. The van der Waals surface area contributed by atoms with Gasteiger partial charge in [0.1, 0.15) is 11.5 Å². The summed E-state index contributed by atoms with van der Waals surface area (Å²) in [5.41, 5.74) is 2.61. The van der Waals surface area contributed by atoms with Crippen molar-refractivity contribution < 1.29 is 24.0 Å². The minimum absolute atomic E-state index is 0.0775.